The minimum Gasteiger partial charge on any atom is -0.333 e. The highest BCUT2D eigenvalue weighted by Gasteiger charge is 2.07. The van der Waals surface area contributed by atoms with E-state index in [4.69, 9.17) is 0 Å². The van der Waals surface area contributed by atoms with E-state index in [1.807, 2.05) is 56.6 Å². The number of nitrogens with zero attached hydrogens (tertiary/aromatic N) is 3. The molecule has 2 aromatic heterocycles. The van der Waals surface area contributed by atoms with Crippen molar-refractivity contribution in [1.82, 2.24) is 20.1 Å². The minimum atomic E-state index is -0.221. The van der Waals surface area contributed by atoms with Crippen molar-refractivity contribution in [2.24, 2.45) is 0 Å². The molecule has 3 aromatic rings. The molecule has 0 unspecified atom stereocenters. The SMILES string of the molecule is Cc1cc(C)n(Cc2ccc(NC(=O)NCc3sc(C)nc3C)cc2)n1. The van der Waals surface area contributed by atoms with Gasteiger partial charge in [0.1, 0.15) is 0 Å². The Bertz CT molecular complexity index is 911. The highest BCUT2D eigenvalue weighted by molar-refractivity contribution is 7.11. The Morgan fingerprint density at radius 1 is 1.15 bits per heavy atom. The number of urea groups is 1. The topological polar surface area (TPSA) is 71.8 Å². The lowest BCUT2D eigenvalue weighted by atomic mass is 10.2. The van der Waals surface area contributed by atoms with Gasteiger partial charge in [0.25, 0.3) is 0 Å². The number of rotatable bonds is 5. The molecule has 0 aliphatic heterocycles. The average Bonchev–Trinajstić information content (AvgIpc) is 3.07. The molecular formula is C19H23N5OS. The molecule has 6 nitrogen and oxygen atoms in total. The third-order valence-corrected chi connectivity index (χ3v) is 5.13. The van der Waals surface area contributed by atoms with Crippen LogP contribution in [-0.4, -0.2) is 20.8 Å². The van der Waals surface area contributed by atoms with Crippen molar-refractivity contribution in [2.45, 2.75) is 40.8 Å². The highest BCUT2D eigenvalue weighted by Crippen LogP contribution is 2.17. The normalized spacial score (nSPS) is 10.8. The molecule has 0 fully saturated rings. The van der Waals surface area contributed by atoms with E-state index in [0.29, 0.717) is 6.54 Å². The first kappa shape index (κ1) is 18.1. The third kappa shape index (κ3) is 4.49. The van der Waals surface area contributed by atoms with Crippen LogP contribution in [0.15, 0.2) is 30.3 Å². The first-order valence-electron chi connectivity index (χ1n) is 8.48. The second-order valence-electron chi connectivity index (χ2n) is 6.33. The van der Waals surface area contributed by atoms with Crippen LogP contribution in [0.25, 0.3) is 0 Å². The molecule has 0 aliphatic carbocycles. The first-order valence-corrected chi connectivity index (χ1v) is 9.30. The summed E-state index contributed by atoms with van der Waals surface area (Å²) in [4.78, 5) is 17.5. The molecule has 136 valence electrons. The Morgan fingerprint density at radius 2 is 1.88 bits per heavy atom. The van der Waals surface area contributed by atoms with E-state index in [-0.39, 0.29) is 6.03 Å². The second-order valence-corrected chi connectivity index (χ2v) is 7.62. The Labute approximate surface area is 157 Å². The number of benzene rings is 1. The monoisotopic (exact) mass is 369 g/mol. The lowest BCUT2D eigenvalue weighted by molar-refractivity contribution is 0.252. The van der Waals surface area contributed by atoms with Gasteiger partial charge in [-0.25, -0.2) is 9.78 Å². The number of hydrogen-bond acceptors (Lipinski definition) is 4. The smallest absolute Gasteiger partial charge is 0.319 e. The van der Waals surface area contributed by atoms with E-state index >= 15 is 0 Å². The van der Waals surface area contributed by atoms with E-state index in [1.54, 1.807) is 11.3 Å². The van der Waals surface area contributed by atoms with Crippen LogP contribution in [0.4, 0.5) is 10.5 Å². The van der Waals surface area contributed by atoms with Gasteiger partial charge >= 0.3 is 6.03 Å². The number of aromatic nitrogens is 3. The zero-order chi connectivity index (χ0) is 18.7. The van der Waals surface area contributed by atoms with Crippen molar-refractivity contribution in [2.75, 3.05) is 5.32 Å². The molecule has 2 N–H and O–H groups in total. The molecule has 7 heteroatoms. The van der Waals surface area contributed by atoms with Crippen LogP contribution in [0.1, 0.15) is 32.5 Å². The number of carbonyl (C=O) groups is 1. The highest BCUT2D eigenvalue weighted by atomic mass is 32.1. The van der Waals surface area contributed by atoms with Crippen molar-refractivity contribution in [3.8, 4) is 0 Å². The van der Waals surface area contributed by atoms with E-state index in [2.05, 4.69) is 26.8 Å². The first-order chi connectivity index (χ1) is 12.4. The maximum atomic E-state index is 12.1. The van der Waals surface area contributed by atoms with E-state index in [0.717, 1.165) is 44.8 Å². The number of amides is 2. The largest absolute Gasteiger partial charge is 0.333 e. The molecule has 0 spiro atoms. The van der Waals surface area contributed by atoms with Gasteiger partial charge in [-0.3, -0.25) is 4.68 Å². The molecular weight excluding hydrogens is 346 g/mol. The molecule has 0 saturated carbocycles. The maximum Gasteiger partial charge on any atom is 0.319 e. The number of thiazole rings is 1. The predicted octanol–water partition coefficient (Wildman–Crippen LogP) is 3.94. The predicted molar refractivity (Wildman–Crippen MR) is 105 cm³/mol. The molecule has 0 saturated heterocycles. The van der Waals surface area contributed by atoms with E-state index in [1.165, 1.54) is 0 Å². The summed E-state index contributed by atoms with van der Waals surface area (Å²) in [5.74, 6) is 0. The fourth-order valence-corrected chi connectivity index (χ4v) is 3.65. The Balaban J connectivity index is 1.54. The summed E-state index contributed by atoms with van der Waals surface area (Å²) >= 11 is 1.61. The average molecular weight is 369 g/mol. The zero-order valence-electron chi connectivity index (χ0n) is 15.5. The lowest BCUT2D eigenvalue weighted by Crippen LogP contribution is -2.28. The Hall–Kier alpha value is -2.67. The Kier molecular flexibility index (Phi) is 5.37. The standard InChI is InChI=1S/C19H23N5OS/c1-12-9-13(2)24(23-12)11-16-5-7-17(8-6-16)22-19(25)20-10-18-14(3)21-15(4)26-18/h5-9H,10-11H2,1-4H3,(H2,20,22,25). The molecule has 0 bridgehead atoms. The summed E-state index contributed by atoms with van der Waals surface area (Å²) in [5.41, 5.74) is 5.03. The quantitative estimate of drug-likeness (QED) is 0.715. The van der Waals surface area contributed by atoms with Gasteiger partial charge in [0.2, 0.25) is 0 Å². The van der Waals surface area contributed by atoms with Gasteiger partial charge in [-0.15, -0.1) is 11.3 Å². The third-order valence-electron chi connectivity index (χ3n) is 4.06. The molecule has 0 aliphatic rings. The van der Waals surface area contributed by atoms with Crippen molar-refractivity contribution in [1.29, 1.82) is 0 Å². The molecule has 2 amide bonds. The maximum absolute atomic E-state index is 12.1. The van der Waals surface area contributed by atoms with Crippen molar-refractivity contribution < 1.29 is 4.79 Å². The summed E-state index contributed by atoms with van der Waals surface area (Å²) in [6.07, 6.45) is 0. The van der Waals surface area contributed by atoms with E-state index in [9.17, 15) is 4.79 Å². The van der Waals surface area contributed by atoms with Crippen molar-refractivity contribution in [3.05, 3.63) is 62.9 Å². The second kappa shape index (κ2) is 7.70. The van der Waals surface area contributed by atoms with Crippen molar-refractivity contribution >= 4 is 23.1 Å². The number of nitrogens with one attached hydrogen (secondary N) is 2. The number of hydrogen-bond donors (Lipinski definition) is 2. The lowest BCUT2D eigenvalue weighted by Gasteiger charge is -2.09. The molecule has 1 aromatic carbocycles. The molecule has 26 heavy (non-hydrogen) atoms. The van der Waals surface area contributed by atoms with Gasteiger partial charge in [-0.2, -0.15) is 5.10 Å². The van der Waals surface area contributed by atoms with Crippen LogP contribution >= 0.6 is 11.3 Å². The van der Waals surface area contributed by atoms with Gasteiger partial charge < -0.3 is 10.6 Å². The summed E-state index contributed by atoms with van der Waals surface area (Å²) < 4.78 is 1.98. The summed E-state index contributed by atoms with van der Waals surface area (Å²) in [7, 11) is 0. The molecule has 2 heterocycles. The fraction of sp³-hybridized carbons (Fsp3) is 0.316. The fourth-order valence-electron chi connectivity index (χ4n) is 2.77. The van der Waals surface area contributed by atoms with Gasteiger partial charge in [0.05, 0.1) is 29.5 Å². The summed E-state index contributed by atoms with van der Waals surface area (Å²) in [6, 6.07) is 9.66. The number of anilines is 1. The van der Waals surface area contributed by atoms with Crippen LogP contribution in [0.2, 0.25) is 0 Å². The minimum absolute atomic E-state index is 0.221. The number of aryl methyl sites for hydroxylation is 4. The van der Waals surface area contributed by atoms with Gasteiger partial charge in [-0.1, -0.05) is 12.1 Å². The van der Waals surface area contributed by atoms with Crippen LogP contribution in [0.5, 0.6) is 0 Å². The van der Waals surface area contributed by atoms with Crippen LogP contribution < -0.4 is 10.6 Å². The van der Waals surface area contributed by atoms with Gasteiger partial charge in [0, 0.05) is 16.3 Å². The van der Waals surface area contributed by atoms with Crippen LogP contribution in [0, 0.1) is 27.7 Å². The van der Waals surface area contributed by atoms with Crippen LogP contribution in [-0.2, 0) is 13.1 Å². The zero-order valence-corrected chi connectivity index (χ0v) is 16.3. The van der Waals surface area contributed by atoms with Gasteiger partial charge in [-0.05, 0) is 51.5 Å². The Morgan fingerprint density at radius 3 is 2.46 bits per heavy atom. The summed E-state index contributed by atoms with van der Waals surface area (Å²) in [6.45, 7) is 9.17. The van der Waals surface area contributed by atoms with E-state index < -0.39 is 0 Å². The molecule has 3 rings (SSSR count). The van der Waals surface area contributed by atoms with Gasteiger partial charge in [0.15, 0.2) is 0 Å². The molecule has 0 radical (unpaired) electrons. The molecule has 0 atom stereocenters. The van der Waals surface area contributed by atoms with Crippen LogP contribution in [0.3, 0.4) is 0 Å². The summed E-state index contributed by atoms with van der Waals surface area (Å²) in [5, 5.41) is 11.2. The van der Waals surface area contributed by atoms with Crippen molar-refractivity contribution in [3.63, 3.8) is 0 Å². The number of carbonyl (C=O) groups excluding carboxylic acids is 1.